The zero-order chi connectivity index (χ0) is 15.9. The first kappa shape index (κ1) is 19.6. The summed E-state index contributed by atoms with van der Waals surface area (Å²) in [6, 6.07) is 6.70. The normalized spacial score (nSPS) is 12.8. The topological polar surface area (TPSA) is 49.8 Å². The molecule has 1 aromatic rings. The van der Waals surface area contributed by atoms with Gasteiger partial charge in [-0.15, -0.1) is 0 Å². The van der Waals surface area contributed by atoms with Gasteiger partial charge in [0, 0.05) is 47.2 Å². The van der Waals surface area contributed by atoms with Crippen molar-refractivity contribution in [3.63, 3.8) is 0 Å². The second-order valence-electron chi connectivity index (χ2n) is 4.73. The highest BCUT2D eigenvalue weighted by molar-refractivity contribution is 7.90. The fourth-order valence-electron chi connectivity index (χ4n) is 1.63. The molecule has 0 aromatic heterocycles. The monoisotopic (exact) mass is 319 g/mol. The van der Waals surface area contributed by atoms with Crippen molar-refractivity contribution in [2.24, 2.45) is 0 Å². The van der Waals surface area contributed by atoms with Crippen LogP contribution in [0.25, 0.3) is 0 Å². The second-order valence-corrected chi connectivity index (χ2v) is 8.35. The van der Waals surface area contributed by atoms with Crippen LogP contribution in [0.3, 0.4) is 0 Å². The van der Waals surface area contributed by atoms with Crippen LogP contribution in [-0.2, 0) is 22.5 Å². The zero-order valence-electron chi connectivity index (χ0n) is 13.3. The van der Waals surface area contributed by atoms with Gasteiger partial charge in [-0.2, -0.15) is 0 Å². The Balaban J connectivity index is 0.000000361. The molecule has 0 radical (unpaired) electrons. The van der Waals surface area contributed by atoms with E-state index in [-0.39, 0.29) is 11.5 Å². The summed E-state index contributed by atoms with van der Waals surface area (Å²) in [6.07, 6.45) is 0. The van der Waals surface area contributed by atoms with Crippen LogP contribution >= 0.6 is 0 Å². The summed E-state index contributed by atoms with van der Waals surface area (Å²) in [4.78, 5) is 0.339. The highest BCUT2D eigenvalue weighted by Crippen LogP contribution is 2.05. The highest BCUT2D eigenvalue weighted by Gasteiger charge is 2.29. The molecular formula is C13H25N3O2S2. The fraction of sp³-hybridized carbons (Fsp3) is 0.538. The van der Waals surface area contributed by atoms with E-state index in [0.29, 0.717) is 4.90 Å². The lowest BCUT2D eigenvalue weighted by molar-refractivity contribution is 0.511. The van der Waals surface area contributed by atoms with Crippen molar-refractivity contribution in [3.05, 3.63) is 29.8 Å². The smallest absolute Gasteiger partial charge is 0.266 e. The lowest BCUT2D eigenvalue weighted by Crippen LogP contribution is -2.44. The van der Waals surface area contributed by atoms with Gasteiger partial charge < -0.3 is 4.55 Å². The maximum Gasteiger partial charge on any atom is 0.266 e. The Morgan fingerprint density at radius 2 is 1.25 bits per heavy atom. The van der Waals surface area contributed by atoms with Crippen molar-refractivity contribution in [2.45, 2.75) is 11.8 Å². The third-order valence-electron chi connectivity index (χ3n) is 2.19. The third-order valence-corrected chi connectivity index (χ3v) is 4.81. The number of hydrogen-bond donors (Lipinski definition) is 0. The lowest BCUT2D eigenvalue weighted by atomic mass is 10.2. The molecule has 0 bridgehead atoms. The number of aryl methyl sites for hydroxylation is 1. The van der Waals surface area contributed by atoms with Gasteiger partial charge in [0.25, 0.3) is 11.5 Å². The van der Waals surface area contributed by atoms with E-state index in [1.165, 1.54) is 0 Å². The van der Waals surface area contributed by atoms with Gasteiger partial charge in [0.2, 0.25) is 0 Å². The summed E-state index contributed by atoms with van der Waals surface area (Å²) in [5, 5.41) is 0. The zero-order valence-corrected chi connectivity index (χ0v) is 14.9. The fourth-order valence-corrected chi connectivity index (χ4v) is 3.95. The van der Waals surface area contributed by atoms with E-state index in [2.05, 4.69) is 55.2 Å². The van der Waals surface area contributed by atoms with Crippen LogP contribution in [0, 0.1) is 6.92 Å². The van der Waals surface area contributed by atoms with E-state index in [4.69, 9.17) is 0 Å². The molecule has 1 rings (SSSR count). The maximum absolute atomic E-state index is 10.3. The van der Waals surface area contributed by atoms with Crippen molar-refractivity contribution >= 4 is 22.5 Å². The lowest BCUT2D eigenvalue weighted by Gasteiger charge is -2.20. The van der Waals surface area contributed by atoms with Crippen molar-refractivity contribution in [1.29, 1.82) is 0 Å². The van der Waals surface area contributed by atoms with Crippen LogP contribution in [0.1, 0.15) is 5.56 Å². The van der Waals surface area contributed by atoms with Gasteiger partial charge in [-0.3, -0.25) is 4.21 Å². The van der Waals surface area contributed by atoms with Crippen LogP contribution < -0.4 is 0 Å². The van der Waals surface area contributed by atoms with Crippen LogP contribution in [0.5, 0.6) is 0 Å². The van der Waals surface area contributed by atoms with Gasteiger partial charge in [-0.05, 0) is 30.1 Å². The van der Waals surface area contributed by atoms with Crippen molar-refractivity contribution in [2.75, 3.05) is 42.3 Å². The minimum Gasteiger partial charge on any atom is -0.768 e. The Labute approximate surface area is 128 Å². The molecule has 5 nitrogen and oxygen atoms in total. The van der Waals surface area contributed by atoms with Crippen LogP contribution in [-0.4, -0.2) is 64.0 Å². The number of rotatable bonds is 4. The molecule has 0 saturated heterocycles. The molecule has 20 heavy (non-hydrogen) atoms. The third kappa shape index (κ3) is 7.37. The predicted molar refractivity (Wildman–Crippen MR) is 86.8 cm³/mol. The molecule has 0 aliphatic carbocycles. The first-order valence-corrected chi connectivity index (χ1v) is 8.26. The molecule has 1 atom stereocenters. The van der Waals surface area contributed by atoms with Gasteiger partial charge >= 0.3 is 0 Å². The Hall–Kier alpha value is -0.440. The molecule has 0 aliphatic rings. The predicted octanol–water partition coefficient (Wildman–Crippen LogP) is 1.27. The van der Waals surface area contributed by atoms with E-state index in [0.717, 1.165) is 5.56 Å². The molecule has 0 heterocycles. The summed E-state index contributed by atoms with van der Waals surface area (Å²) < 4.78 is 27.2. The minimum atomic E-state index is -2.09. The molecule has 0 amide bonds. The number of benzene rings is 1. The summed E-state index contributed by atoms with van der Waals surface area (Å²) in [7, 11) is 12.5. The van der Waals surface area contributed by atoms with Gasteiger partial charge in [0.15, 0.2) is 0 Å². The molecular weight excluding hydrogens is 294 g/mol. The maximum atomic E-state index is 10.3. The number of nitrogens with zero attached hydrogens (tertiary/aromatic N) is 3. The van der Waals surface area contributed by atoms with Crippen LogP contribution in [0.2, 0.25) is 0 Å². The van der Waals surface area contributed by atoms with Crippen LogP contribution in [0.4, 0.5) is 0 Å². The quantitative estimate of drug-likeness (QED) is 0.618. The Bertz CT molecular complexity index is 390. The summed E-state index contributed by atoms with van der Waals surface area (Å²) >= 11 is -1.97. The molecule has 0 aliphatic heterocycles. The average Bonchev–Trinajstić information content (AvgIpc) is 2.28. The summed E-state index contributed by atoms with van der Waals surface area (Å²) in [5.41, 5.74) is 1.06. The van der Waals surface area contributed by atoms with Gasteiger partial charge in [-0.1, -0.05) is 30.6 Å². The minimum absolute atomic E-state index is 0.120. The van der Waals surface area contributed by atoms with E-state index >= 15 is 0 Å². The molecule has 7 heteroatoms. The molecule has 0 N–H and O–H groups in total. The Morgan fingerprint density at radius 1 is 0.900 bits per heavy atom. The molecule has 0 spiro atoms. The van der Waals surface area contributed by atoms with Crippen LogP contribution in [0.15, 0.2) is 29.2 Å². The summed E-state index contributed by atoms with van der Waals surface area (Å²) in [5.74, 6) is 0. The van der Waals surface area contributed by atoms with E-state index in [1.54, 1.807) is 24.3 Å². The van der Waals surface area contributed by atoms with Gasteiger partial charge in [0.05, 0.1) is 0 Å². The highest BCUT2D eigenvalue weighted by atomic mass is 32.2. The van der Waals surface area contributed by atoms with Gasteiger partial charge in [-0.25, -0.2) is 0 Å². The van der Waals surface area contributed by atoms with E-state index in [1.807, 2.05) is 6.92 Å². The van der Waals surface area contributed by atoms with E-state index < -0.39 is 11.1 Å². The molecule has 116 valence electrons. The average molecular weight is 319 g/mol. The standard InChI is InChI=1S/C7H8O2S.C6H18N3S/c1-6-2-4-7(5-3-6)10(8)9;1-7(2)10(8(3)4)9(5)6/h2-5H,1H3,(H,8,9);1-6H3/q;+1/p-1. The molecule has 0 saturated carbocycles. The van der Waals surface area contributed by atoms with Crippen molar-refractivity contribution in [3.8, 4) is 0 Å². The SMILES string of the molecule is CN(C)[S+](N(C)C)N(C)C.Cc1ccc(S(=O)[O-])cc1. The van der Waals surface area contributed by atoms with Gasteiger partial charge in [0.1, 0.15) is 0 Å². The molecule has 0 fully saturated rings. The second kappa shape index (κ2) is 9.49. The van der Waals surface area contributed by atoms with E-state index in [9.17, 15) is 8.76 Å². The first-order valence-electron chi connectivity index (χ1n) is 6.09. The summed E-state index contributed by atoms with van der Waals surface area (Å²) in [6.45, 7) is 1.91. The Morgan fingerprint density at radius 3 is 1.45 bits per heavy atom. The molecule has 1 aromatic carbocycles. The van der Waals surface area contributed by atoms with Crippen molar-refractivity contribution in [1.82, 2.24) is 12.9 Å². The first-order chi connectivity index (χ1) is 9.16. The largest absolute Gasteiger partial charge is 0.768 e. The molecule has 1 unspecified atom stereocenters. The Kier molecular flexibility index (Phi) is 9.28. The number of hydrogen-bond acceptors (Lipinski definition) is 5. The van der Waals surface area contributed by atoms with Crippen molar-refractivity contribution < 1.29 is 8.76 Å².